The molecule has 2 aromatic carbocycles. The van der Waals surface area contributed by atoms with E-state index in [1.807, 2.05) is 31.2 Å². The van der Waals surface area contributed by atoms with E-state index in [-0.39, 0.29) is 11.7 Å². The number of thiol groups is 1. The number of nitrogens with zero attached hydrogens (tertiary/aromatic N) is 1. The molecule has 2 unspecified atom stereocenters. The van der Waals surface area contributed by atoms with Crippen LogP contribution in [0.4, 0.5) is 10.5 Å². The van der Waals surface area contributed by atoms with Gasteiger partial charge in [0, 0.05) is 18.0 Å². The van der Waals surface area contributed by atoms with Crippen LogP contribution in [0, 0.1) is 6.92 Å². The molecule has 0 fully saturated rings. The van der Waals surface area contributed by atoms with Crippen LogP contribution in [-0.4, -0.2) is 53.9 Å². The Bertz CT molecular complexity index is 1070. The van der Waals surface area contributed by atoms with Crippen molar-refractivity contribution in [3.8, 4) is 5.75 Å². The molecule has 208 valence electrons. The van der Waals surface area contributed by atoms with Gasteiger partial charge in [-0.25, -0.2) is 4.79 Å². The van der Waals surface area contributed by atoms with Gasteiger partial charge in [-0.1, -0.05) is 44.0 Å². The number of anilines is 1. The molecule has 2 atom stereocenters. The van der Waals surface area contributed by atoms with E-state index in [0.29, 0.717) is 30.0 Å². The monoisotopic (exact) mass is 543 g/mol. The lowest BCUT2D eigenvalue weighted by Gasteiger charge is -2.35. The number of carbonyl (C=O) groups is 3. The summed E-state index contributed by atoms with van der Waals surface area (Å²) in [4.78, 5) is 41.9. The number of hydrogen-bond acceptors (Lipinski definition) is 6. The molecule has 0 aliphatic rings. The minimum atomic E-state index is -0.977. The van der Waals surface area contributed by atoms with Gasteiger partial charge in [0.2, 0.25) is 5.91 Å². The van der Waals surface area contributed by atoms with Crippen LogP contribution in [0.5, 0.6) is 5.75 Å². The standard InChI is InChI=1S/C29H41N3O5S/c1-7-8-11-18-32(27(34)24(19-38)31-28(35)37-29(3,4)5)25(23-13-10-9-12-20(23)2)26(33)30-21-14-16-22(36-6)17-15-21/h9-10,12-17,24-25,38H,7-8,11,18-19H2,1-6H3,(H,30,33)(H,31,35). The Morgan fingerprint density at radius 1 is 1.03 bits per heavy atom. The molecule has 8 nitrogen and oxygen atoms in total. The molecule has 0 saturated heterocycles. The first-order valence-electron chi connectivity index (χ1n) is 12.9. The van der Waals surface area contributed by atoms with Gasteiger partial charge < -0.3 is 25.0 Å². The van der Waals surface area contributed by atoms with Crippen LogP contribution < -0.4 is 15.4 Å². The molecular formula is C29H41N3O5S. The molecule has 0 heterocycles. The number of rotatable bonds is 12. The van der Waals surface area contributed by atoms with Crippen LogP contribution >= 0.6 is 12.6 Å². The molecule has 0 aliphatic heterocycles. The summed E-state index contributed by atoms with van der Waals surface area (Å²) in [7, 11) is 1.57. The summed E-state index contributed by atoms with van der Waals surface area (Å²) < 4.78 is 10.6. The molecule has 3 amide bonds. The highest BCUT2D eigenvalue weighted by atomic mass is 32.1. The van der Waals surface area contributed by atoms with Gasteiger partial charge >= 0.3 is 6.09 Å². The van der Waals surface area contributed by atoms with E-state index in [0.717, 1.165) is 18.4 Å². The van der Waals surface area contributed by atoms with E-state index >= 15 is 0 Å². The molecule has 2 N–H and O–H groups in total. The van der Waals surface area contributed by atoms with Crippen LogP contribution in [0.1, 0.15) is 64.1 Å². The van der Waals surface area contributed by atoms with Crippen molar-refractivity contribution in [1.82, 2.24) is 10.2 Å². The minimum Gasteiger partial charge on any atom is -0.497 e. The third kappa shape index (κ3) is 9.28. The van der Waals surface area contributed by atoms with Gasteiger partial charge in [0.15, 0.2) is 0 Å². The molecule has 2 aromatic rings. The Morgan fingerprint density at radius 3 is 2.24 bits per heavy atom. The number of amides is 3. The number of carbonyl (C=O) groups excluding carboxylic acids is 3. The second-order valence-corrected chi connectivity index (χ2v) is 10.5. The quantitative estimate of drug-likeness (QED) is 0.242. The molecule has 9 heteroatoms. The highest BCUT2D eigenvalue weighted by molar-refractivity contribution is 7.80. The van der Waals surface area contributed by atoms with Crippen molar-refractivity contribution in [3.63, 3.8) is 0 Å². The Labute approximate surface area is 231 Å². The van der Waals surface area contributed by atoms with Gasteiger partial charge in [0.1, 0.15) is 23.4 Å². The topological polar surface area (TPSA) is 97.0 Å². The lowest BCUT2D eigenvalue weighted by atomic mass is 9.97. The Kier molecular flexibility index (Phi) is 12.0. The maximum Gasteiger partial charge on any atom is 0.408 e. The van der Waals surface area contributed by atoms with E-state index in [4.69, 9.17) is 9.47 Å². The van der Waals surface area contributed by atoms with E-state index < -0.39 is 29.7 Å². The molecule has 0 spiro atoms. The Hall–Kier alpha value is -3.20. The van der Waals surface area contributed by atoms with E-state index in [1.54, 1.807) is 57.0 Å². The van der Waals surface area contributed by atoms with Gasteiger partial charge in [0.05, 0.1) is 7.11 Å². The molecule has 38 heavy (non-hydrogen) atoms. The maximum atomic E-state index is 13.9. The van der Waals surface area contributed by atoms with E-state index in [9.17, 15) is 14.4 Å². The second kappa shape index (κ2) is 14.7. The third-order valence-electron chi connectivity index (χ3n) is 5.86. The zero-order valence-corrected chi connectivity index (χ0v) is 24.1. The number of ether oxygens (including phenoxy) is 2. The van der Waals surface area contributed by atoms with Crippen LogP contribution in [-0.2, 0) is 14.3 Å². The van der Waals surface area contributed by atoms with Gasteiger partial charge in [-0.3, -0.25) is 9.59 Å². The number of nitrogens with one attached hydrogen (secondary N) is 2. The first kappa shape index (κ1) is 31.0. The van der Waals surface area contributed by atoms with Crippen LogP contribution in [0.2, 0.25) is 0 Å². The predicted molar refractivity (Wildman–Crippen MR) is 154 cm³/mol. The summed E-state index contributed by atoms with van der Waals surface area (Å²) in [6.45, 7) is 9.56. The van der Waals surface area contributed by atoms with Crippen LogP contribution in [0.3, 0.4) is 0 Å². The summed E-state index contributed by atoms with van der Waals surface area (Å²) in [6.07, 6.45) is 1.82. The summed E-state index contributed by atoms with van der Waals surface area (Å²) in [6, 6.07) is 12.6. The largest absolute Gasteiger partial charge is 0.497 e. The summed E-state index contributed by atoms with van der Waals surface area (Å²) in [5.41, 5.74) is 1.43. The lowest BCUT2D eigenvalue weighted by molar-refractivity contribution is -0.140. The fourth-order valence-electron chi connectivity index (χ4n) is 3.96. The molecule has 0 radical (unpaired) electrons. The number of hydrogen-bond donors (Lipinski definition) is 3. The summed E-state index contributed by atoms with van der Waals surface area (Å²) >= 11 is 4.34. The average molecular weight is 544 g/mol. The maximum absolute atomic E-state index is 13.9. The van der Waals surface area contributed by atoms with Gasteiger partial charge in [-0.15, -0.1) is 0 Å². The molecule has 0 aliphatic carbocycles. The van der Waals surface area contributed by atoms with E-state index in [1.165, 1.54) is 0 Å². The van der Waals surface area contributed by atoms with Crippen molar-refractivity contribution < 1.29 is 23.9 Å². The first-order chi connectivity index (χ1) is 18.0. The van der Waals surface area contributed by atoms with Crippen molar-refractivity contribution in [3.05, 3.63) is 59.7 Å². The van der Waals surface area contributed by atoms with Crippen LogP contribution in [0.25, 0.3) is 0 Å². The number of methoxy groups -OCH3 is 1. The molecule has 0 bridgehead atoms. The van der Waals surface area contributed by atoms with Crippen molar-refractivity contribution in [1.29, 1.82) is 0 Å². The smallest absolute Gasteiger partial charge is 0.408 e. The Morgan fingerprint density at radius 2 is 1.68 bits per heavy atom. The highest BCUT2D eigenvalue weighted by Gasteiger charge is 2.36. The normalized spacial score (nSPS) is 12.7. The Balaban J connectivity index is 2.47. The first-order valence-corrected chi connectivity index (χ1v) is 13.5. The van der Waals surface area contributed by atoms with Crippen molar-refractivity contribution in [2.24, 2.45) is 0 Å². The van der Waals surface area contributed by atoms with Crippen LogP contribution in [0.15, 0.2) is 48.5 Å². The number of alkyl carbamates (subject to hydrolysis) is 1. The van der Waals surface area contributed by atoms with Gasteiger partial charge in [-0.05, 0) is 69.5 Å². The third-order valence-corrected chi connectivity index (χ3v) is 6.22. The minimum absolute atomic E-state index is 0.0446. The molecule has 0 aromatic heterocycles. The predicted octanol–water partition coefficient (Wildman–Crippen LogP) is 5.53. The lowest BCUT2D eigenvalue weighted by Crippen LogP contribution is -2.53. The molecule has 0 saturated carbocycles. The SMILES string of the molecule is CCCCCN(C(=O)C(CS)NC(=O)OC(C)(C)C)C(C(=O)Nc1ccc(OC)cc1)c1ccccc1C. The second-order valence-electron chi connectivity index (χ2n) is 10.1. The zero-order chi connectivity index (χ0) is 28.3. The molecule has 2 rings (SSSR count). The molecular weight excluding hydrogens is 502 g/mol. The van der Waals surface area contributed by atoms with E-state index in [2.05, 4.69) is 30.2 Å². The number of benzene rings is 2. The van der Waals surface area contributed by atoms with Crippen molar-refractivity contribution in [2.45, 2.75) is 71.6 Å². The average Bonchev–Trinajstić information content (AvgIpc) is 2.86. The fourth-order valence-corrected chi connectivity index (χ4v) is 4.21. The number of aryl methyl sites for hydroxylation is 1. The van der Waals surface area contributed by atoms with Gasteiger partial charge in [0.25, 0.3) is 5.91 Å². The summed E-state index contributed by atoms with van der Waals surface area (Å²) in [5.74, 6) is -0.0487. The fraction of sp³-hybridized carbons (Fsp3) is 0.483. The summed E-state index contributed by atoms with van der Waals surface area (Å²) in [5, 5.41) is 5.60. The highest BCUT2D eigenvalue weighted by Crippen LogP contribution is 2.28. The zero-order valence-electron chi connectivity index (χ0n) is 23.2. The van der Waals surface area contributed by atoms with Crippen molar-refractivity contribution >= 4 is 36.2 Å². The van der Waals surface area contributed by atoms with Crippen molar-refractivity contribution in [2.75, 3.05) is 24.7 Å². The van der Waals surface area contributed by atoms with Gasteiger partial charge in [-0.2, -0.15) is 12.6 Å². The number of unbranched alkanes of at least 4 members (excludes halogenated alkanes) is 2.